The van der Waals surface area contributed by atoms with Crippen LogP contribution < -0.4 is 0 Å². The van der Waals surface area contributed by atoms with Gasteiger partial charge < -0.3 is 0 Å². The summed E-state index contributed by atoms with van der Waals surface area (Å²) >= 11 is 0. The van der Waals surface area contributed by atoms with Crippen molar-refractivity contribution in [2.24, 2.45) is 0 Å². The molecule has 0 fully saturated rings. The fraction of sp³-hybridized carbons (Fsp3) is 0.409. The van der Waals surface area contributed by atoms with E-state index in [4.69, 9.17) is 4.98 Å². The molecule has 1 atom stereocenters. The molecule has 1 unspecified atom stereocenters. The van der Waals surface area contributed by atoms with Crippen molar-refractivity contribution in [3.05, 3.63) is 65.5 Å². The van der Waals surface area contributed by atoms with Gasteiger partial charge in [-0.1, -0.05) is 39.8 Å². The first-order chi connectivity index (χ1) is 14.2. The molecule has 0 aliphatic rings. The molecule has 0 saturated heterocycles. The summed E-state index contributed by atoms with van der Waals surface area (Å²) in [6, 6.07) is 8.72. The van der Waals surface area contributed by atoms with Gasteiger partial charge in [-0.15, -0.1) is 0 Å². The lowest BCUT2D eigenvalue weighted by Crippen LogP contribution is -2.21. The minimum atomic E-state index is -0.288. The molecular weight excluding hydrogens is 381 g/mol. The highest BCUT2D eigenvalue weighted by Gasteiger charge is 2.23. The second-order valence-corrected chi connectivity index (χ2v) is 8.70. The minimum absolute atomic E-state index is 0.140. The van der Waals surface area contributed by atoms with Gasteiger partial charge in [-0.2, -0.15) is 24.7 Å². The van der Waals surface area contributed by atoms with E-state index in [1.807, 2.05) is 19.1 Å². The molecule has 0 saturated carbocycles. The van der Waals surface area contributed by atoms with Gasteiger partial charge in [-0.3, -0.25) is 0 Å². The molecule has 4 aromatic rings. The van der Waals surface area contributed by atoms with Gasteiger partial charge >= 0.3 is 0 Å². The van der Waals surface area contributed by atoms with Crippen LogP contribution in [0, 0.1) is 12.7 Å². The van der Waals surface area contributed by atoms with Crippen LogP contribution in [0.25, 0.3) is 11.5 Å². The molecule has 0 aliphatic heterocycles. The van der Waals surface area contributed by atoms with E-state index in [1.54, 1.807) is 21.3 Å². The average molecular weight is 407 g/mol. The Morgan fingerprint density at radius 1 is 1.13 bits per heavy atom. The van der Waals surface area contributed by atoms with Gasteiger partial charge in [0.2, 0.25) is 0 Å². The number of halogens is 1. The molecule has 0 N–H and O–H groups in total. The molecule has 0 radical (unpaired) electrons. The number of aryl methyl sites for hydroxylation is 2. The van der Waals surface area contributed by atoms with E-state index in [0.29, 0.717) is 17.9 Å². The molecule has 0 aliphatic carbocycles. The molecule has 30 heavy (non-hydrogen) atoms. The van der Waals surface area contributed by atoms with Crippen LogP contribution in [0.5, 0.6) is 0 Å². The Morgan fingerprint density at radius 2 is 1.90 bits per heavy atom. The van der Waals surface area contributed by atoms with Crippen LogP contribution in [0.1, 0.15) is 63.1 Å². The topological polar surface area (TPSA) is 73.8 Å². The third kappa shape index (κ3) is 3.81. The number of aromatic nitrogens is 7. The van der Waals surface area contributed by atoms with Crippen LogP contribution in [-0.4, -0.2) is 34.3 Å². The molecule has 0 spiro atoms. The zero-order chi connectivity index (χ0) is 21.5. The van der Waals surface area contributed by atoms with Crippen LogP contribution in [0.4, 0.5) is 4.39 Å². The highest BCUT2D eigenvalue weighted by atomic mass is 19.1. The molecule has 3 heterocycles. The van der Waals surface area contributed by atoms with E-state index < -0.39 is 0 Å². The lowest BCUT2D eigenvalue weighted by Gasteiger charge is -2.19. The first-order valence-electron chi connectivity index (χ1n) is 10.1. The van der Waals surface area contributed by atoms with Crippen LogP contribution in [-0.2, 0) is 11.8 Å². The molecule has 0 amide bonds. The van der Waals surface area contributed by atoms with Gasteiger partial charge in [0.05, 0.1) is 5.69 Å². The Bertz CT molecular complexity index is 1190. The summed E-state index contributed by atoms with van der Waals surface area (Å²) in [5.41, 5.74) is 2.10. The Hall–Kier alpha value is -3.16. The first-order valence-corrected chi connectivity index (χ1v) is 10.1. The van der Waals surface area contributed by atoms with E-state index in [0.717, 1.165) is 29.5 Å². The van der Waals surface area contributed by atoms with E-state index >= 15 is 0 Å². The number of para-hydroxylation sites is 1. The highest BCUT2D eigenvalue weighted by Crippen LogP contribution is 2.26. The summed E-state index contributed by atoms with van der Waals surface area (Å²) in [5, 5.41) is 8.78. The smallest absolute Gasteiger partial charge is 0.234 e. The maximum atomic E-state index is 14.4. The van der Waals surface area contributed by atoms with Gasteiger partial charge in [0.15, 0.2) is 0 Å². The summed E-state index contributed by atoms with van der Waals surface area (Å²) in [5.74, 6) is 1.98. The molecule has 156 valence electrons. The summed E-state index contributed by atoms with van der Waals surface area (Å²) in [6.45, 7) is 10.3. The van der Waals surface area contributed by atoms with Crippen molar-refractivity contribution >= 4 is 5.78 Å². The van der Waals surface area contributed by atoms with Crippen LogP contribution in [0.3, 0.4) is 0 Å². The van der Waals surface area contributed by atoms with Crippen molar-refractivity contribution in [2.75, 3.05) is 0 Å². The number of fused-ring (bicyclic) bond motifs is 1. The molecule has 8 heteroatoms. The third-order valence-electron chi connectivity index (χ3n) is 5.11. The molecule has 0 bridgehead atoms. The quantitative estimate of drug-likeness (QED) is 0.496. The molecule has 1 aromatic carbocycles. The number of benzene rings is 1. The van der Waals surface area contributed by atoms with Crippen molar-refractivity contribution in [3.8, 4) is 5.69 Å². The van der Waals surface area contributed by atoms with E-state index in [-0.39, 0.29) is 17.2 Å². The second kappa shape index (κ2) is 7.59. The highest BCUT2D eigenvalue weighted by molar-refractivity contribution is 5.36. The predicted molar refractivity (Wildman–Crippen MR) is 112 cm³/mol. The van der Waals surface area contributed by atoms with Crippen LogP contribution >= 0.6 is 0 Å². The Labute approximate surface area is 175 Å². The molecular formula is C22H26FN7. The summed E-state index contributed by atoms with van der Waals surface area (Å²) < 4.78 is 17.8. The SMILES string of the molecule is Cc1cc(C(C)CCc2nc(C(C)(C)C)n3ncnc3n2)n(-c2ccccc2F)n1. The maximum Gasteiger partial charge on any atom is 0.255 e. The second-order valence-electron chi connectivity index (χ2n) is 8.70. The molecule has 7 nitrogen and oxygen atoms in total. The Kier molecular flexibility index (Phi) is 5.09. The fourth-order valence-electron chi connectivity index (χ4n) is 3.55. The third-order valence-corrected chi connectivity index (χ3v) is 5.11. The maximum absolute atomic E-state index is 14.4. The van der Waals surface area contributed by atoms with E-state index in [2.05, 4.69) is 47.9 Å². The van der Waals surface area contributed by atoms with Crippen molar-refractivity contribution in [1.29, 1.82) is 0 Å². The number of hydrogen-bond donors (Lipinski definition) is 0. The average Bonchev–Trinajstić information content (AvgIpc) is 3.31. The summed E-state index contributed by atoms with van der Waals surface area (Å²) in [4.78, 5) is 13.6. The van der Waals surface area contributed by atoms with Crippen molar-refractivity contribution in [1.82, 2.24) is 34.3 Å². The number of hydrogen-bond acceptors (Lipinski definition) is 5. The van der Waals surface area contributed by atoms with Gasteiger partial charge in [-0.05, 0) is 37.5 Å². The zero-order valence-electron chi connectivity index (χ0n) is 18.0. The number of rotatable bonds is 5. The lowest BCUT2D eigenvalue weighted by atomic mass is 9.95. The van der Waals surface area contributed by atoms with Gasteiger partial charge in [0.1, 0.15) is 29.5 Å². The monoisotopic (exact) mass is 407 g/mol. The largest absolute Gasteiger partial charge is 0.255 e. The molecule has 4 rings (SSSR count). The number of nitrogens with zero attached hydrogens (tertiary/aromatic N) is 7. The van der Waals surface area contributed by atoms with Crippen molar-refractivity contribution < 1.29 is 4.39 Å². The van der Waals surface area contributed by atoms with Crippen molar-refractivity contribution in [2.45, 2.75) is 58.8 Å². The standard InChI is InChI=1S/C22H26FN7/c1-14(18-12-15(2)28-29(18)17-9-7-6-8-16(17)23)10-11-19-26-20(22(3,4)5)30-21(27-19)24-13-25-30/h6-9,12-14H,10-11H2,1-5H3. The summed E-state index contributed by atoms with van der Waals surface area (Å²) in [7, 11) is 0. The van der Waals surface area contributed by atoms with E-state index in [9.17, 15) is 4.39 Å². The van der Waals surface area contributed by atoms with Gasteiger partial charge in [0, 0.05) is 17.5 Å². The Morgan fingerprint density at radius 3 is 2.63 bits per heavy atom. The first kappa shape index (κ1) is 20.1. The lowest BCUT2D eigenvalue weighted by molar-refractivity contribution is 0.510. The van der Waals surface area contributed by atoms with E-state index in [1.165, 1.54) is 12.4 Å². The van der Waals surface area contributed by atoms with Crippen LogP contribution in [0.15, 0.2) is 36.7 Å². The Balaban J connectivity index is 1.61. The normalized spacial score (nSPS) is 13.1. The van der Waals surface area contributed by atoms with Gasteiger partial charge in [-0.25, -0.2) is 14.1 Å². The minimum Gasteiger partial charge on any atom is -0.234 e. The van der Waals surface area contributed by atoms with Gasteiger partial charge in [0.25, 0.3) is 5.78 Å². The van der Waals surface area contributed by atoms with Crippen LogP contribution in [0.2, 0.25) is 0 Å². The fourth-order valence-corrected chi connectivity index (χ4v) is 3.55. The zero-order valence-corrected chi connectivity index (χ0v) is 18.0. The molecule has 3 aromatic heterocycles. The summed E-state index contributed by atoms with van der Waals surface area (Å²) in [6.07, 6.45) is 2.98. The van der Waals surface area contributed by atoms with Crippen molar-refractivity contribution in [3.63, 3.8) is 0 Å². The predicted octanol–water partition coefficient (Wildman–Crippen LogP) is 4.19.